The van der Waals surface area contributed by atoms with Crippen LogP contribution in [0.5, 0.6) is 5.75 Å². The second-order valence-corrected chi connectivity index (χ2v) is 6.53. The smallest absolute Gasteiger partial charge is 0.344 e. The van der Waals surface area contributed by atoms with Gasteiger partial charge in [-0.05, 0) is 49.6 Å². The van der Waals surface area contributed by atoms with Gasteiger partial charge in [0, 0.05) is 11.1 Å². The fourth-order valence-electron chi connectivity index (χ4n) is 2.59. The number of carbonyl (C=O) groups excluding carboxylic acids is 2. The first-order chi connectivity index (χ1) is 13.2. The number of esters is 1. The van der Waals surface area contributed by atoms with Crippen LogP contribution in [0.15, 0.2) is 30.3 Å². The van der Waals surface area contributed by atoms with Crippen LogP contribution in [0.1, 0.15) is 16.7 Å². The molecule has 0 saturated heterocycles. The third kappa shape index (κ3) is 5.43. The van der Waals surface area contributed by atoms with Crippen molar-refractivity contribution in [2.45, 2.75) is 20.8 Å². The summed E-state index contributed by atoms with van der Waals surface area (Å²) in [5, 5.41) is 14.0. The van der Waals surface area contributed by atoms with Gasteiger partial charge < -0.3 is 14.8 Å². The molecule has 1 N–H and O–H groups in total. The van der Waals surface area contributed by atoms with Crippen LogP contribution in [0.4, 0.5) is 11.4 Å². The molecule has 0 atom stereocenters. The highest BCUT2D eigenvalue weighted by Gasteiger charge is 2.18. The van der Waals surface area contributed by atoms with Crippen LogP contribution in [0.3, 0.4) is 0 Å². The molecule has 0 aliphatic rings. The summed E-state index contributed by atoms with van der Waals surface area (Å²) in [5.41, 5.74) is 1.88. The van der Waals surface area contributed by atoms with Crippen LogP contribution in [0.2, 0.25) is 5.02 Å². The standard InChI is InChI=1S/C19H19ClN2O6/c1-11-5-4-6-15(22(25)26)18(11)21-16(23)9-27-17(24)10-28-19-12(2)7-14(20)8-13(19)3/h4-8H,9-10H2,1-3H3,(H,21,23). The second kappa shape index (κ2) is 9.18. The lowest BCUT2D eigenvalue weighted by molar-refractivity contribution is -0.384. The molecule has 0 aromatic heterocycles. The molecule has 0 heterocycles. The van der Waals surface area contributed by atoms with E-state index >= 15 is 0 Å². The number of nitro groups is 1. The molecule has 0 fully saturated rings. The van der Waals surface area contributed by atoms with Crippen molar-refractivity contribution in [2.24, 2.45) is 0 Å². The first-order valence-corrected chi connectivity index (χ1v) is 8.66. The molecule has 0 unspecified atom stereocenters. The Morgan fingerprint density at radius 2 is 1.75 bits per heavy atom. The number of amides is 1. The number of hydrogen-bond acceptors (Lipinski definition) is 6. The summed E-state index contributed by atoms with van der Waals surface area (Å²) >= 11 is 5.94. The summed E-state index contributed by atoms with van der Waals surface area (Å²) in [6.45, 7) is 4.23. The Hall–Kier alpha value is -3.13. The number of carbonyl (C=O) groups is 2. The summed E-state index contributed by atoms with van der Waals surface area (Å²) in [6, 6.07) is 7.83. The Morgan fingerprint density at radius 1 is 1.11 bits per heavy atom. The number of nitrogens with one attached hydrogen (secondary N) is 1. The molecule has 0 aliphatic carbocycles. The molecule has 8 nitrogen and oxygen atoms in total. The van der Waals surface area contributed by atoms with Crippen LogP contribution in [-0.2, 0) is 14.3 Å². The van der Waals surface area contributed by atoms with E-state index in [0.717, 1.165) is 11.1 Å². The maximum Gasteiger partial charge on any atom is 0.344 e. The number of rotatable bonds is 7. The maximum absolute atomic E-state index is 12.0. The van der Waals surface area contributed by atoms with Gasteiger partial charge in [0.25, 0.3) is 11.6 Å². The van der Waals surface area contributed by atoms with Crippen molar-refractivity contribution >= 4 is 34.9 Å². The largest absolute Gasteiger partial charge is 0.481 e. The Morgan fingerprint density at radius 3 is 2.36 bits per heavy atom. The topological polar surface area (TPSA) is 108 Å². The molecule has 0 aliphatic heterocycles. The summed E-state index contributed by atoms with van der Waals surface area (Å²) in [7, 11) is 0. The van der Waals surface area contributed by atoms with E-state index in [1.165, 1.54) is 12.1 Å². The number of halogens is 1. The lowest BCUT2D eigenvalue weighted by Crippen LogP contribution is -2.24. The van der Waals surface area contributed by atoms with E-state index in [0.29, 0.717) is 16.3 Å². The minimum atomic E-state index is -0.747. The normalized spacial score (nSPS) is 10.3. The highest BCUT2D eigenvalue weighted by atomic mass is 35.5. The zero-order valence-electron chi connectivity index (χ0n) is 15.6. The van der Waals surface area contributed by atoms with Crippen molar-refractivity contribution < 1.29 is 24.0 Å². The maximum atomic E-state index is 12.0. The third-order valence-electron chi connectivity index (χ3n) is 3.84. The van der Waals surface area contributed by atoms with E-state index in [2.05, 4.69) is 5.32 Å². The highest BCUT2D eigenvalue weighted by Crippen LogP contribution is 2.28. The molecule has 148 valence electrons. The Bertz CT molecular complexity index is 906. The number of anilines is 1. The van der Waals surface area contributed by atoms with E-state index in [1.54, 1.807) is 39.0 Å². The van der Waals surface area contributed by atoms with Crippen LogP contribution < -0.4 is 10.1 Å². The van der Waals surface area contributed by atoms with Crippen molar-refractivity contribution in [2.75, 3.05) is 18.5 Å². The number of benzene rings is 2. The van der Waals surface area contributed by atoms with Crippen molar-refractivity contribution in [3.05, 3.63) is 62.2 Å². The van der Waals surface area contributed by atoms with Gasteiger partial charge in [0.15, 0.2) is 13.2 Å². The van der Waals surface area contributed by atoms with Gasteiger partial charge in [-0.1, -0.05) is 23.7 Å². The predicted octanol–water partition coefficient (Wildman–Crippen LogP) is 3.73. The average molecular weight is 407 g/mol. The fourth-order valence-corrected chi connectivity index (χ4v) is 2.91. The molecule has 0 spiro atoms. The lowest BCUT2D eigenvalue weighted by Gasteiger charge is -2.12. The van der Waals surface area contributed by atoms with E-state index in [1.807, 2.05) is 0 Å². The molecule has 0 saturated carbocycles. The van der Waals surface area contributed by atoms with Gasteiger partial charge in [-0.15, -0.1) is 0 Å². The van der Waals surface area contributed by atoms with Gasteiger partial charge in [0.1, 0.15) is 11.4 Å². The summed E-state index contributed by atoms with van der Waals surface area (Å²) in [5.74, 6) is -0.922. The molecular weight excluding hydrogens is 388 g/mol. The minimum absolute atomic E-state index is 0.0669. The monoisotopic (exact) mass is 406 g/mol. The van der Waals surface area contributed by atoms with Crippen LogP contribution >= 0.6 is 11.6 Å². The molecular formula is C19H19ClN2O6. The van der Waals surface area contributed by atoms with Gasteiger partial charge in [-0.3, -0.25) is 14.9 Å². The van der Waals surface area contributed by atoms with E-state index in [4.69, 9.17) is 21.1 Å². The van der Waals surface area contributed by atoms with Gasteiger partial charge in [-0.25, -0.2) is 4.79 Å². The predicted molar refractivity (Wildman–Crippen MR) is 104 cm³/mol. The molecule has 28 heavy (non-hydrogen) atoms. The van der Waals surface area contributed by atoms with Gasteiger partial charge in [0.05, 0.1) is 4.92 Å². The van der Waals surface area contributed by atoms with E-state index in [-0.39, 0.29) is 18.0 Å². The Labute approximate surface area is 166 Å². The molecule has 0 bridgehead atoms. The molecule has 9 heteroatoms. The number of nitrogens with zero attached hydrogens (tertiary/aromatic N) is 1. The van der Waals surface area contributed by atoms with Crippen LogP contribution in [0, 0.1) is 30.9 Å². The molecule has 2 rings (SSSR count). The summed E-state index contributed by atoms with van der Waals surface area (Å²) < 4.78 is 10.3. The zero-order valence-corrected chi connectivity index (χ0v) is 16.3. The van der Waals surface area contributed by atoms with Crippen LogP contribution in [-0.4, -0.2) is 30.0 Å². The molecule has 2 aromatic carbocycles. The van der Waals surface area contributed by atoms with Gasteiger partial charge in [0.2, 0.25) is 0 Å². The Balaban J connectivity index is 1.90. The number of para-hydroxylation sites is 1. The number of ether oxygens (including phenoxy) is 2. The van der Waals surface area contributed by atoms with E-state index < -0.39 is 23.4 Å². The lowest BCUT2D eigenvalue weighted by atomic mass is 10.1. The van der Waals surface area contributed by atoms with Crippen molar-refractivity contribution in [1.82, 2.24) is 0 Å². The number of aryl methyl sites for hydroxylation is 3. The average Bonchev–Trinajstić information content (AvgIpc) is 2.60. The highest BCUT2D eigenvalue weighted by molar-refractivity contribution is 6.30. The van der Waals surface area contributed by atoms with Gasteiger partial charge >= 0.3 is 5.97 Å². The molecule has 0 radical (unpaired) electrons. The van der Waals surface area contributed by atoms with Crippen molar-refractivity contribution in [3.8, 4) is 5.75 Å². The number of hydrogen-bond donors (Lipinski definition) is 1. The first-order valence-electron chi connectivity index (χ1n) is 8.28. The molecule has 2 aromatic rings. The van der Waals surface area contributed by atoms with Gasteiger partial charge in [-0.2, -0.15) is 0 Å². The minimum Gasteiger partial charge on any atom is -0.481 e. The van der Waals surface area contributed by atoms with Crippen LogP contribution in [0.25, 0.3) is 0 Å². The summed E-state index contributed by atoms with van der Waals surface area (Å²) in [4.78, 5) is 34.3. The summed E-state index contributed by atoms with van der Waals surface area (Å²) in [6.07, 6.45) is 0. The third-order valence-corrected chi connectivity index (χ3v) is 4.05. The quantitative estimate of drug-likeness (QED) is 0.426. The fraction of sp³-hybridized carbons (Fsp3) is 0.263. The van der Waals surface area contributed by atoms with Crippen molar-refractivity contribution in [1.29, 1.82) is 0 Å². The molecule has 1 amide bonds. The van der Waals surface area contributed by atoms with Crippen molar-refractivity contribution in [3.63, 3.8) is 0 Å². The Kier molecular flexibility index (Phi) is 6.94. The SMILES string of the molecule is Cc1cccc([N+](=O)[O-])c1NC(=O)COC(=O)COc1c(C)cc(Cl)cc1C. The number of nitro benzene ring substituents is 1. The first kappa shape index (κ1) is 21.2. The second-order valence-electron chi connectivity index (χ2n) is 6.09. The zero-order chi connectivity index (χ0) is 20.8. The van der Waals surface area contributed by atoms with E-state index in [9.17, 15) is 19.7 Å².